The van der Waals surface area contributed by atoms with Crippen molar-refractivity contribution in [2.75, 3.05) is 0 Å². The van der Waals surface area contributed by atoms with Gasteiger partial charge in [-0.1, -0.05) is 46.3 Å². The molecule has 3 rings (SSSR count). The Morgan fingerprint density at radius 2 is 1.89 bits per heavy atom. The van der Waals surface area contributed by atoms with E-state index in [4.69, 9.17) is 0 Å². The van der Waals surface area contributed by atoms with Crippen molar-refractivity contribution < 1.29 is 0 Å². The number of halogens is 1. The Balaban J connectivity index is 2.02. The van der Waals surface area contributed by atoms with Gasteiger partial charge in [-0.15, -0.1) is 0 Å². The summed E-state index contributed by atoms with van der Waals surface area (Å²) in [5.74, 6) is 0. The number of nitrogens with zero attached hydrogens (tertiary/aromatic N) is 2. The van der Waals surface area contributed by atoms with E-state index in [9.17, 15) is 0 Å². The lowest BCUT2D eigenvalue weighted by Gasteiger charge is -2.11. The molecule has 0 aliphatic rings. The summed E-state index contributed by atoms with van der Waals surface area (Å²) in [6.45, 7) is 0. The Kier molecular flexibility index (Phi) is 3.47. The molecule has 2 aromatic carbocycles. The van der Waals surface area contributed by atoms with E-state index in [1.165, 1.54) is 16.8 Å². The van der Waals surface area contributed by atoms with E-state index in [1.54, 1.807) is 6.20 Å². The number of rotatable bonds is 3. The summed E-state index contributed by atoms with van der Waals surface area (Å²) in [6.07, 6.45) is 6.51. The first-order valence-corrected chi connectivity index (χ1v) is 6.93. The summed E-state index contributed by atoms with van der Waals surface area (Å²) < 4.78 is 3.15. The van der Waals surface area contributed by atoms with Crippen LogP contribution in [-0.2, 0) is 6.42 Å². The topological polar surface area (TPSA) is 17.8 Å². The predicted molar refractivity (Wildman–Crippen MR) is 80.5 cm³/mol. The zero-order valence-electron chi connectivity index (χ0n) is 10.3. The van der Waals surface area contributed by atoms with Crippen LogP contribution >= 0.6 is 15.9 Å². The third-order valence-corrected chi connectivity index (χ3v) is 3.55. The van der Waals surface area contributed by atoms with Gasteiger partial charge in [-0.3, -0.25) is 0 Å². The highest BCUT2D eigenvalue weighted by Gasteiger charge is 2.06. The van der Waals surface area contributed by atoms with Crippen LogP contribution in [0.4, 0.5) is 0 Å². The van der Waals surface area contributed by atoms with Crippen molar-refractivity contribution in [3.8, 4) is 5.69 Å². The van der Waals surface area contributed by atoms with Gasteiger partial charge in [-0.2, -0.15) is 0 Å². The molecule has 3 aromatic rings. The number of hydrogen-bond acceptors (Lipinski definition) is 1. The molecule has 3 heteroatoms. The molecule has 1 aromatic heterocycles. The van der Waals surface area contributed by atoms with Gasteiger partial charge in [0.05, 0.1) is 12.0 Å². The van der Waals surface area contributed by atoms with Gasteiger partial charge < -0.3 is 4.57 Å². The van der Waals surface area contributed by atoms with Gasteiger partial charge in [0.1, 0.15) is 0 Å². The largest absolute Gasteiger partial charge is 0.306 e. The van der Waals surface area contributed by atoms with Gasteiger partial charge in [-0.05, 0) is 35.7 Å². The summed E-state index contributed by atoms with van der Waals surface area (Å²) in [5, 5.41) is 0. The van der Waals surface area contributed by atoms with Crippen LogP contribution in [-0.4, -0.2) is 9.55 Å². The lowest BCUT2D eigenvalue weighted by Crippen LogP contribution is -1.98. The molecule has 0 aliphatic heterocycles. The van der Waals surface area contributed by atoms with E-state index in [0.29, 0.717) is 0 Å². The molecule has 0 radical (unpaired) electrons. The molecule has 94 valence electrons. The summed E-state index contributed by atoms with van der Waals surface area (Å²) >= 11 is 3.55. The molecule has 0 atom stereocenters. The second kappa shape index (κ2) is 5.41. The highest BCUT2D eigenvalue weighted by molar-refractivity contribution is 9.10. The van der Waals surface area contributed by atoms with E-state index < -0.39 is 0 Å². The molecular weight excluding hydrogens is 300 g/mol. The van der Waals surface area contributed by atoms with Crippen molar-refractivity contribution in [3.63, 3.8) is 0 Å². The lowest BCUT2D eigenvalue weighted by atomic mass is 10.0. The zero-order valence-corrected chi connectivity index (χ0v) is 11.9. The molecule has 0 fully saturated rings. The second-order valence-corrected chi connectivity index (χ2v) is 5.32. The van der Waals surface area contributed by atoms with Crippen molar-refractivity contribution in [1.29, 1.82) is 0 Å². The minimum absolute atomic E-state index is 0.911. The van der Waals surface area contributed by atoms with Crippen LogP contribution in [0.3, 0.4) is 0 Å². The van der Waals surface area contributed by atoms with Crippen LogP contribution in [0.25, 0.3) is 5.69 Å². The Hall–Kier alpha value is -1.87. The van der Waals surface area contributed by atoms with Crippen LogP contribution in [0.1, 0.15) is 11.1 Å². The summed E-state index contributed by atoms with van der Waals surface area (Å²) in [5.41, 5.74) is 3.75. The lowest BCUT2D eigenvalue weighted by molar-refractivity contribution is 1.01. The highest BCUT2D eigenvalue weighted by atomic mass is 79.9. The molecule has 0 aliphatic carbocycles. The Labute approximate surface area is 120 Å². The fourth-order valence-electron chi connectivity index (χ4n) is 2.16. The molecule has 1 heterocycles. The van der Waals surface area contributed by atoms with Crippen LogP contribution < -0.4 is 0 Å². The van der Waals surface area contributed by atoms with Crippen molar-refractivity contribution in [3.05, 3.63) is 82.9 Å². The average Bonchev–Trinajstić information content (AvgIpc) is 2.94. The maximum absolute atomic E-state index is 4.12. The normalized spacial score (nSPS) is 10.6. The third-order valence-electron chi connectivity index (χ3n) is 3.06. The second-order valence-electron chi connectivity index (χ2n) is 4.41. The maximum atomic E-state index is 4.12. The maximum Gasteiger partial charge on any atom is 0.0991 e. The van der Waals surface area contributed by atoms with Crippen molar-refractivity contribution in [1.82, 2.24) is 9.55 Å². The van der Waals surface area contributed by atoms with Gasteiger partial charge in [-0.25, -0.2) is 4.98 Å². The molecule has 0 saturated carbocycles. The van der Waals surface area contributed by atoms with Crippen molar-refractivity contribution >= 4 is 15.9 Å². The van der Waals surface area contributed by atoms with E-state index >= 15 is 0 Å². The molecule has 19 heavy (non-hydrogen) atoms. The first-order chi connectivity index (χ1) is 9.33. The number of imidazole rings is 1. The third kappa shape index (κ3) is 2.76. The van der Waals surface area contributed by atoms with Crippen molar-refractivity contribution in [2.24, 2.45) is 0 Å². The molecular formula is C16H13BrN2. The quantitative estimate of drug-likeness (QED) is 0.708. The molecule has 0 saturated heterocycles. The van der Waals surface area contributed by atoms with E-state index in [0.717, 1.165) is 10.9 Å². The monoisotopic (exact) mass is 312 g/mol. The number of aromatic nitrogens is 2. The molecule has 0 N–H and O–H groups in total. The van der Waals surface area contributed by atoms with Crippen LogP contribution in [0.15, 0.2) is 71.7 Å². The average molecular weight is 313 g/mol. The molecule has 0 amide bonds. The van der Waals surface area contributed by atoms with E-state index in [1.807, 2.05) is 23.2 Å². The van der Waals surface area contributed by atoms with Crippen LogP contribution in [0, 0.1) is 0 Å². The highest BCUT2D eigenvalue weighted by Crippen LogP contribution is 2.22. The Morgan fingerprint density at radius 1 is 1.05 bits per heavy atom. The number of hydrogen-bond donors (Lipinski definition) is 0. The Bertz CT molecular complexity index is 660. The van der Waals surface area contributed by atoms with Gasteiger partial charge >= 0.3 is 0 Å². The van der Waals surface area contributed by atoms with Crippen LogP contribution in [0.5, 0.6) is 0 Å². The molecule has 0 unspecified atom stereocenters. The minimum atomic E-state index is 0.911. The minimum Gasteiger partial charge on any atom is -0.306 e. The SMILES string of the molecule is Brc1ccc(-n2ccnc2)c(Cc2ccccc2)c1. The van der Waals surface area contributed by atoms with E-state index in [2.05, 4.69) is 63.4 Å². The first-order valence-electron chi connectivity index (χ1n) is 6.13. The summed E-state index contributed by atoms with van der Waals surface area (Å²) in [4.78, 5) is 4.12. The zero-order chi connectivity index (χ0) is 13.1. The molecule has 2 nitrogen and oxygen atoms in total. The van der Waals surface area contributed by atoms with Gasteiger partial charge in [0.25, 0.3) is 0 Å². The van der Waals surface area contributed by atoms with Crippen molar-refractivity contribution in [2.45, 2.75) is 6.42 Å². The predicted octanol–water partition coefficient (Wildman–Crippen LogP) is 4.23. The summed E-state index contributed by atoms with van der Waals surface area (Å²) in [7, 11) is 0. The first kappa shape index (κ1) is 12.2. The Morgan fingerprint density at radius 3 is 2.63 bits per heavy atom. The molecule has 0 spiro atoms. The van der Waals surface area contributed by atoms with Gasteiger partial charge in [0.15, 0.2) is 0 Å². The van der Waals surface area contributed by atoms with Crippen LogP contribution in [0.2, 0.25) is 0 Å². The van der Waals surface area contributed by atoms with E-state index in [-0.39, 0.29) is 0 Å². The summed E-state index contributed by atoms with van der Waals surface area (Å²) in [6, 6.07) is 16.8. The fourth-order valence-corrected chi connectivity index (χ4v) is 2.57. The fraction of sp³-hybridized carbons (Fsp3) is 0.0625. The van der Waals surface area contributed by atoms with Gasteiger partial charge in [0.2, 0.25) is 0 Å². The number of benzene rings is 2. The van der Waals surface area contributed by atoms with Gasteiger partial charge in [0, 0.05) is 16.9 Å². The smallest absolute Gasteiger partial charge is 0.0991 e. The molecule has 0 bridgehead atoms. The standard InChI is InChI=1S/C16H13BrN2/c17-15-6-7-16(19-9-8-18-12-19)14(11-15)10-13-4-2-1-3-5-13/h1-9,11-12H,10H2.